The molecule has 22 heavy (non-hydrogen) atoms. The molecule has 0 radical (unpaired) electrons. The van der Waals surface area contributed by atoms with Gasteiger partial charge in [-0.2, -0.15) is 0 Å². The number of nitrogens with zero attached hydrogens (tertiary/aromatic N) is 3. The zero-order chi connectivity index (χ0) is 15.4. The van der Waals surface area contributed by atoms with Gasteiger partial charge in [0.1, 0.15) is 0 Å². The zero-order valence-corrected chi connectivity index (χ0v) is 12.6. The van der Waals surface area contributed by atoms with Gasteiger partial charge >= 0.3 is 0 Å². The summed E-state index contributed by atoms with van der Waals surface area (Å²) in [5, 5.41) is 0. The molecule has 6 heteroatoms. The van der Waals surface area contributed by atoms with Crippen LogP contribution in [-0.2, 0) is 9.53 Å². The van der Waals surface area contributed by atoms with Gasteiger partial charge in [-0.1, -0.05) is 0 Å². The molecule has 1 aromatic rings. The van der Waals surface area contributed by atoms with E-state index in [1.54, 1.807) is 24.5 Å². The molecule has 0 aliphatic carbocycles. The molecule has 0 N–H and O–H groups in total. The molecule has 2 amide bonds. The minimum atomic E-state index is 0.0275. The number of carbonyl (C=O) groups excluding carboxylic acids is 2. The van der Waals surface area contributed by atoms with E-state index in [9.17, 15) is 9.59 Å². The van der Waals surface area contributed by atoms with Gasteiger partial charge in [0, 0.05) is 50.1 Å². The monoisotopic (exact) mass is 303 g/mol. The Morgan fingerprint density at radius 2 is 1.64 bits per heavy atom. The summed E-state index contributed by atoms with van der Waals surface area (Å²) in [6, 6.07) is 3.46. The van der Waals surface area contributed by atoms with Crippen molar-refractivity contribution in [3.05, 3.63) is 30.1 Å². The second-order valence-corrected chi connectivity index (χ2v) is 5.74. The quantitative estimate of drug-likeness (QED) is 0.810. The molecule has 6 nitrogen and oxygen atoms in total. The second kappa shape index (κ2) is 6.87. The first-order valence-electron chi connectivity index (χ1n) is 7.81. The van der Waals surface area contributed by atoms with Crippen LogP contribution in [0.2, 0.25) is 0 Å². The number of morpholine rings is 1. The molecule has 0 spiro atoms. The lowest BCUT2D eigenvalue weighted by molar-refractivity contribution is -0.141. The van der Waals surface area contributed by atoms with Crippen molar-refractivity contribution < 1.29 is 14.3 Å². The first-order chi connectivity index (χ1) is 10.8. The Bertz CT molecular complexity index is 521. The number of likely N-dealkylation sites (tertiary alicyclic amines) is 1. The summed E-state index contributed by atoms with van der Waals surface area (Å²) in [4.78, 5) is 32.5. The highest BCUT2D eigenvalue weighted by Gasteiger charge is 2.31. The van der Waals surface area contributed by atoms with Crippen LogP contribution >= 0.6 is 0 Å². The number of hydrogen-bond donors (Lipinski definition) is 0. The van der Waals surface area contributed by atoms with Gasteiger partial charge in [0.25, 0.3) is 5.91 Å². The molecule has 2 fully saturated rings. The Morgan fingerprint density at radius 3 is 2.27 bits per heavy atom. The van der Waals surface area contributed by atoms with Crippen LogP contribution in [0, 0.1) is 5.92 Å². The Morgan fingerprint density at radius 1 is 1.00 bits per heavy atom. The summed E-state index contributed by atoms with van der Waals surface area (Å²) < 4.78 is 5.28. The molecular formula is C16H21N3O3. The summed E-state index contributed by atoms with van der Waals surface area (Å²) >= 11 is 0. The van der Waals surface area contributed by atoms with E-state index in [-0.39, 0.29) is 17.7 Å². The maximum atomic E-state index is 12.5. The Hall–Kier alpha value is -1.95. The van der Waals surface area contributed by atoms with Gasteiger partial charge < -0.3 is 14.5 Å². The maximum absolute atomic E-state index is 12.5. The van der Waals surface area contributed by atoms with E-state index in [2.05, 4.69) is 4.98 Å². The predicted molar refractivity (Wildman–Crippen MR) is 80.3 cm³/mol. The molecule has 0 unspecified atom stereocenters. The standard InChI is InChI=1S/C16H21N3O3/c20-15(13-1-5-17-6-2-13)18-7-3-14(4-8-18)16(21)19-9-11-22-12-10-19/h1-2,5-6,14H,3-4,7-12H2. The number of rotatable bonds is 2. The molecule has 118 valence electrons. The van der Waals surface area contributed by atoms with E-state index in [1.165, 1.54) is 0 Å². The number of aromatic nitrogens is 1. The second-order valence-electron chi connectivity index (χ2n) is 5.74. The highest BCUT2D eigenvalue weighted by Crippen LogP contribution is 2.21. The van der Waals surface area contributed by atoms with Crippen molar-refractivity contribution in [2.75, 3.05) is 39.4 Å². The van der Waals surface area contributed by atoms with Crippen molar-refractivity contribution in [2.45, 2.75) is 12.8 Å². The number of amides is 2. The fraction of sp³-hybridized carbons (Fsp3) is 0.562. The lowest BCUT2D eigenvalue weighted by atomic mass is 9.94. The van der Waals surface area contributed by atoms with Gasteiger partial charge in [-0.3, -0.25) is 14.6 Å². The maximum Gasteiger partial charge on any atom is 0.253 e. The van der Waals surface area contributed by atoms with Crippen molar-refractivity contribution in [3.8, 4) is 0 Å². The summed E-state index contributed by atoms with van der Waals surface area (Å²) in [5.74, 6) is 0.290. The molecule has 0 bridgehead atoms. The van der Waals surface area contributed by atoms with Gasteiger partial charge in [-0.25, -0.2) is 0 Å². The van der Waals surface area contributed by atoms with Crippen molar-refractivity contribution in [1.29, 1.82) is 0 Å². The van der Waals surface area contributed by atoms with E-state index in [1.807, 2.05) is 9.80 Å². The third-order valence-electron chi connectivity index (χ3n) is 4.38. The largest absolute Gasteiger partial charge is 0.378 e. The number of hydrogen-bond acceptors (Lipinski definition) is 4. The lowest BCUT2D eigenvalue weighted by Crippen LogP contribution is -2.47. The number of carbonyl (C=O) groups is 2. The Balaban J connectivity index is 1.54. The summed E-state index contributed by atoms with van der Waals surface area (Å²) in [6.45, 7) is 3.92. The molecular weight excluding hydrogens is 282 g/mol. The zero-order valence-electron chi connectivity index (χ0n) is 12.6. The van der Waals surface area contributed by atoms with Crippen molar-refractivity contribution in [3.63, 3.8) is 0 Å². The molecule has 0 saturated carbocycles. The third-order valence-corrected chi connectivity index (χ3v) is 4.38. The first-order valence-corrected chi connectivity index (χ1v) is 7.81. The van der Waals surface area contributed by atoms with Crippen molar-refractivity contribution in [2.24, 2.45) is 5.92 Å². The average molecular weight is 303 g/mol. The molecule has 0 atom stereocenters. The van der Waals surface area contributed by atoms with Crippen LogP contribution in [0.25, 0.3) is 0 Å². The van der Waals surface area contributed by atoms with Crippen LogP contribution in [0.4, 0.5) is 0 Å². The number of piperidine rings is 1. The van der Waals surface area contributed by atoms with Crippen LogP contribution in [-0.4, -0.2) is 66.0 Å². The van der Waals surface area contributed by atoms with Gasteiger partial charge in [-0.15, -0.1) is 0 Å². The Labute approximate surface area is 130 Å². The minimum Gasteiger partial charge on any atom is -0.378 e. The Kier molecular flexibility index (Phi) is 4.68. The van der Waals surface area contributed by atoms with Gasteiger partial charge in [-0.05, 0) is 25.0 Å². The SMILES string of the molecule is O=C(c1ccncc1)N1CCC(C(=O)N2CCOCC2)CC1. The van der Waals surface area contributed by atoms with Crippen LogP contribution in [0.1, 0.15) is 23.2 Å². The van der Waals surface area contributed by atoms with Gasteiger partial charge in [0.15, 0.2) is 0 Å². The van der Waals surface area contributed by atoms with E-state index >= 15 is 0 Å². The van der Waals surface area contributed by atoms with E-state index in [0.29, 0.717) is 45.0 Å². The van der Waals surface area contributed by atoms with Gasteiger partial charge in [0.2, 0.25) is 5.91 Å². The smallest absolute Gasteiger partial charge is 0.253 e. The summed E-state index contributed by atoms with van der Waals surface area (Å²) in [7, 11) is 0. The van der Waals surface area contributed by atoms with Crippen LogP contribution < -0.4 is 0 Å². The van der Waals surface area contributed by atoms with Crippen LogP contribution in [0.3, 0.4) is 0 Å². The molecule has 0 aromatic carbocycles. The molecule has 2 saturated heterocycles. The van der Waals surface area contributed by atoms with Crippen LogP contribution in [0.15, 0.2) is 24.5 Å². The first kappa shape index (κ1) is 15.0. The van der Waals surface area contributed by atoms with E-state index < -0.39 is 0 Å². The van der Waals surface area contributed by atoms with E-state index in [4.69, 9.17) is 4.74 Å². The molecule has 1 aromatic heterocycles. The normalized spacial score (nSPS) is 20.0. The molecule has 2 aliphatic heterocycles. The summed E-state index contributed by atoms with van der Waals surface area (Å²) in [5.41, 5.74) is 0.660. The summed E-state index contributed by atoms with van der Waals surface area (Å²) in [6.07, 6.45) is 4.74. The van der Waals surface area contributed by atoms with Crippen LogP contribution in [0.5, 0.6) is 0 Å². The fourth-order valence-electron chi connectivity index (χ4n) is 3.05. The fourth-order valence-corrected chi connectivity index (χ4v) is 3.05. The third kappa shape index (κ3) is 3.27. The topological polar surface area (TPSA) is 62.7 Å². The molecule has 3 rings (SSSR count). The van der Waals surface area contributed by atoms with Crippen molar-refractivity contribution in [1.82, 2.24) is 14.8 Å². The van der Waals surface area contributed by atoms with E-state index in [0.717, 1.165) is 12.8 Å². The average Bonchev–Trinajstić information content (AvgIpc) is 2.62. The lowest BCUT2D eigenvalue weighted by Gasteiger charge is -2.35. The predicted octanol–water partition coefficient (Wildman–Crippen LogP) is 0.793. The highest BCUT2D eigenvalue weighted by atomic mass is 16.5. The van der Waals surface area contributed by atoms with Crippen molar-refractivity contribution >= 4 is 11.8 Å². The molecule has 2 aliphatic rings. The van der Waals surface area contributed by atoms with Gasteiger partial charge in [0.05, 0.1) is 13.2 Å². The minimum absolute atomic E-state index is 0.0275. The number of ether oxygens (including phenoxy) is 1. The number of pyridine rings is 1. The highest BCUT2D eigenvalue weighted by molar-refractivity contribution is 5.94. The molecule has 3 heterocycles.